The maximum atomic E-state index is 14.3. The third kappa shape index (κ3) is 4.86. The number of fused-ring (bicyclic) bond motifs is 1. The standard InChI is InChI=1S/C30H45N3O5/c1-18(2)20(16-34)33-23(25(36)32-28(6,7)17-27(3,4)5)30-15-14-29(8,38-30)21(22(30)26(33)37)24(35)31-19-12-10-9-11-13-19/h9-13,18,20-23,34H,14-17H2,1-8H3,(H,31,35)(H,32,36)/t20-,21-,22-,23?,29+,30?/m0/s1. The number of carbonyl (C=O) groups excluding carboxylic acids is 3. The SMILES string of the molecule is CC(C)[C@H](CO)N1C(=O)[C@@H]2[C@@H](C(=O)Nc3ccccc3)[C@@]3(C)CCC2(O3)C1C(=O)NC(C)(C)CC(C)(C)C. The number of amides is 3. The van der Waals surface area contributed by atoms with Gasteiger partial charge >= 0.3 is 0 Å². The number of aliphatic hydroxyl groups excluding tert-OH is 1. The Morgan fingerprint density at radius 2 is 1.74 bits per heavy atom. The molecule has 1 spiro atoms. The summed E-state index contributed by atoms with van der Waals surface area (Å²) in [4.78, 5) is 43.7. The number of nitrogens with one attached hydrogen (secondary N) is 2. The van der Waals surface area contributed by atoms with Crippen molar-refractivity contribution in [3.05, 3.63) is 30.3 Å². The lowest BCUT2D eigenvalue weighted by Crippen LogP contribution is -2.62. The Labute approximate surface area is 226 Å². The quantitative estimate of drug-likeness (QED) is 0.477. The van der Waals surface area contributed by atoms with Crippen molar-refractivity contribution < 1.29 is 24.2 Å². The lowest BCUT2D eigenvalue weighted by atomic mass is 9.66. The minimum Gasteiger partial charge on any atom is -0.394 e. The van der Waals surface area contributed by atoms with Crippen molar-refractivity contribution in [2.24, 2.45) is 23.2 Å². The molecule has 8 nitrogen and oxygen atoms in total. The number of benzene rings is 1. The lowest BCUT2D eigenvalue weighted by Gasteiger charge is -2.41. The smallest absolute Gasteiger partial charge is 0.246 e. The van der Waals surface area contributed by atoms with Crippen molar-refractivity contribution in [1.82, 2.24) is 10.2 Å². The van der Waals surface area contributed by atoms with E-state index in [-0.39, 0.29) is 35.7 Å². The van der Waals surface area contributed by atoms with Gasteiger partial charge in [-0.25, -0.2) is 0 Å². The molecule has 3 amide bonds. The average Bonchev–Trinajstić information content (AvgIpc) is 3.34. The molecule has 3 fully saturated rings. The highest BCUT2D eigenvalue weighted by Crippen LogP contribution is 2.63. The van der Waals surface area contributed by atoms with Crippen molar-refractivity contribution in [3.63, 3.8) is 0 Å². The van der Waals surface area contributed by atoms with Crippen molar-refractivity contribution in [2.75, 3.05) is 11.9 Å². The Hall–Kier alpha value is -2.45. The van der Waals surface area contributed by atoms with Crippen LogP contribution in [0.3, 0.4) is 0 Å². The van der Waals surface area contributed by atoms with Gasteiger partial charge in [-0.1, -0.05) is 52.8 Å². The summed E-state index contributed by atoms with van der Waals surface area (Å²) >= 11 is 0. The Morgan fingerprint density at radius 1 is 1.11 bits per heavy atom. The highest BCUT2D eigenvalue weighted by Gasteiger charge is 2.78. The summed E-state index contributed by atoms with van der Waals surface area (Å²) in [7, 11) is 0. The summed E-state index contributed by atoms with van der Waals surface area (Å²) in [5.41, 5.74) is -1.90. The van der Waals surface area contributed by atoms with E-state index >= 15 is 0 Å². The predicted octanol–water partition coefficient (Wildman–Crippen LogP) is 3.74. The van der Waals surface area contributed by atoms with Gasteiger partial charge in [-0.05, 0) is 63.5 Å². The van der Waals surface area contributed by atoms with Crippen molar-refractivity contribution in [1.29, 1.82) is 0 Å². The molecule has 3 aliphatic rings. The molecule has 38 heavy (non-hydrogen) atoms. The van der Waals surface area contributed by atoms with E-state index in [0.717, 1.165) is 6.42 Å². The van der Waals surface area contributed by atoms with E-state index in [9.17, 15) is 19.5 Å². The van der Waals surface area contributed by atoms with E-state index in [1.165, 1.54) is 0 Å². The molecule has 3 saturated heterocycles. The molecule has 8 heteroatoms. The summed E-state index contributed by atoms with van der Waals surface area (Å²) in [6, 6.07) is 7.66. The number of ether oxygens (including phenoxy) is 1. The second-order valence-electron chi connectivity index (χ2n) is 13.9. The zero-order chi connectivity index (χ0) is 28.3. The van der Waals surface area contributed by atoms with Crippen LogP contribution in [-0.4, -0.2) is 63.2 Å². The van der Waals surface area contributed by atoms with Gasteiger partial charge in [-0.15, -0.1) is 0 Å². The average molecular weight is 528 g/mol. The number of carbonyl (C=O) groups is 3. The third-order valence-corrected chi connectivity index (χ3v) is 8.53. The zero-order valence-corrected chi connectivity index (χ0v) is 24.1. The van der Waals surface area contributed by atoms with Crippen LogP contribution < -0.4 is 10.6 Å². The molecule has 1 aromatic carbocycles. The maximum absolute atomic E-state index is 14.3. The second-order valence-corrected chi connectivity index (χ2v) is 13.9. The van der Waals surface area contributed by atoms with E-state index in [4.69, 9.17) is 4.74 Å². The van der Waals surface area contributed by atoms with Crippen LogP contribution in [0.15, 0.2) is 30.3 Å². The molecule has 0 aliphatic carbocycles. The number of hydrogen-bond donors (Lipinski definition) is 3. The molecule has 6 atom stereocenters. The van der Waals surface area contributed by atoms with Crippen LogP contribution in [0.2, 0.25) is 0 Å². The summed E-state index contributed by atoms with van der Waals surface area (Å²) in [5, 5.41) is 16.6. The first-order chi connectivity index (χ1) is 17.6. The van der Waals surface area contributed by atoms with Gasteiger partial charge in [0.15, 0.2) is 0 Å². The molecule has 3 N–H and O–H groups in total. The number of rotatable bonds is 8. The van der Waals surface area contributed by atoms with E-state index in [1.54, 1.807) is 17.0 Å². The van der Waals surface area contributed by atoms with Crippen molar-refractivity contribution in [3.8, 4) is 0 Å². The second kappa shape index (κ2) is 9.63. The van der Waals surface area contributed by atoms with Crippen LogP contribution in [0, 0.1) is 23.2 Å². The van der Waals surface area contributed by atoms with Gasteiger partial charge in [0.25, 0.3) is 0 Å². The Kier molecular flexibility index (Phi) is 7.24. The van der Waals surface area contributed by atoms with E-state index < -0.39 is 40.7 Å². The highest BCUT2D eigenvalue weighted by atomic mass is 16.5. The van der Waals surface area contributed by atoms with Gasteiger partial charge in [0.2, 0.25) is 17.7 Å². The number of anilines is 1. The monoisotopic (exact) mass is 527 g/mol. The van der Waals surface area contributed by atoms with E-state index in [1.807, 2.05) is 52.8 Å². The number of para-hydroxylation sites is 1. The number of likely N-dealkylation sites (tertiary alicyclic amines) is 1. The Morgan fingerprint density at radius 3 is 2.29 bits per heavy atom. The first kappa shape index (κ1) is 28.6. The molecule has 2 unspecified atom stereocenters. The first-order valence-electron chi connectivity index (χ1n) is 13.9. The minimum atomic E-state index is -1.13. The summed E-state index contributed by atoms with van der Waals surface area (Å²) in [5.74, 6) is -2.51. The molecule has 0 radical (unpaired) electrons. The van der Waals surface area contributed by atoms with Crippen molar-refractivity contribution in [2.45, 2.75) is 103 Å². The maximum Gasteiger partial charge on any atom is 0.246 e. The molecule has 3 heterocycles. The molecule has 210 valence electrons. The molecule has 0 aromatic heterocycles. The summed E-state index contributed by atoms with van der Waals surface area (Å²) < 4.78 is 6.70. The third-order valence-electron chi connectivity index (χ3n) is 8.53. The fourth-order valence-electron chi connectivity index (χ4n) is 7.56. The Balaban J connectivity index is 1.75. The number of aliphatic hydroxyl groups is 1. The molecular formula is C30H45N3O5. The van der Waals surface area contributed by atoms with Gasteiger partial charge in [-0.2, -0.15) is 0 Å². The minimum absolute atomic E-state index is 0.0231. The molecule has 4 rings (SSSR count). The van der Waals surface area contributed by atoms with Gasteiger partial charge < -0.3 is 25.4 Å². The fourth-order valence-corrected chi connectivity index (χ4v) is 7.56. The molecular weight excluding hydrogens is 482 g/mol. The van der Waals surface area contributed by atoms with Gasteiger partial charge in [0, 0.05) is 11.2 Å². The molecule has 1 aromatic rings. The van der Waals surface area contributed by atoms with Crippen LogP contribution in [0.1, 0.15) is 74.7 Å². The molecule has 3 aliphatic heterocycles. The predicted molar refractivity (Wildman–Crippen MR) is 146 cm³/mol. The fraction of sp³-hybridized carbons (Fsp3) is 0.700. The highest BCUT2D eigenvalue weighted by molar-refractivity contribution is 6.02. The first-order valence-corrected chi connectivity index (χ1v) is 13.9. The summed E-state index contributed by atoms with van der Waals surface area (Å²) in [6.07, 6.45) is 1.80. The largest absolute Gasteiger partial charge is 0.394 e. The van der Waals surface area contributed by atoms with Crippen LogP contribution in [0.4, 0.5) is 5.69 Å². The Bertz CT molecular complexity index is 1080. The lowest BCUT2D eigenvalue weighted by molar-refractivity contribution is -0.150. The molecule has 0 saturated carbocycles. The molecule has 2 bridgehead atoms. The normalized spacial score (nSPS) is 31.5. The van der Waals surface area contributed by atoms with Crippen LogP contribution in [0.25, 0.3) is 0 Å². The number of hydrogen-bond acceptors (Lipinski definition) is 5. The van der Waals surface area contributed by atoms with Crippen LogP contribution in [-0.2, 0) is 19.1 Å². The van der Waals surface area contributed by atoms with Crippen LogP contribution in [0.5, 0.6) is 0 Å². The van der Waals surface area contributed by atoms with E-state index in [2.05, 4.69) is 31.4 Å². The van der Waals surface area contributed by atoms with E-state index in [0.29, 0.717) is 18.5 Å². The van der Waals surface area contributed by atoms with Crippen molar-refractivity contribution >= 4 is 23.4 Å². The topological polar surface area (TPSA) is 108 Å². The number of nitrogens with zero attached hydrogens (tertiary/aromatic N) is 1. The van der Waals surface area contributed by atoms with Gasteiger partial charge in [0.05, 0.1) is 30.1 Å². The van der Waals surface area contributed by atoms with Gasteiger partial charge in [0.1, 0.15) is 11.6 Å². The van der Waals surface area contributed by atoms with Gasteiger partial charge in [-0.3, -0.25) is 14.4 Å². The summed E-state index contributed by atoms with van der Waals surface area (Å²) in [6.45, 7) is 15.8. The zero-order valence-electron chi connectivity index (χ0n) is 24.1. The van der Waals surface area contributed by atoms with Crippen LogP contribution >= 0.6 is 0 Å².